The van der Waals surface area contributed by atoms with Gasteiger partial charge in [-0.15, -0.1) is 5.73 Å². The highest BCUT2D eigenvalue weighted by molar-refractivity contribution is 4.70. The highest BCUT2D eigenvalue weighted by atomic mass is 14.6. The lowest BCUT2D eigenvalue weighted by molar-refractivity contribution is 0.332. The van der Waals surface area contributed by atoms with Crippen LogP contribution in [0.3, 0.4) is 0 Å². The largest absolute Gasteiger partial charge is 0.141 e. The number of hydrogen-bond acceptors (Lipinski definition) is 0. The molecule has 0 N–H and O–H groups in total. The smallest absolute Gasteiger partial charge is 0.0453 e. The molecule has 1 unspecified atom stereocenters. The van der Waals surface area contributed by atoms with Crippen molar-refractivity contribution in [3.63, 3.8) is 0 Å². The topological polar surface area (TPSA) is 22.3 Å². The standard InChI is InChI=1S/C6H13N/c1-5(7)6(2,3)4/h5H,1-4H3. The van der Waals surface area contributed by atoms with Crippen LogP contribution in [0.4, 0.5) is 0 Å². The molecule has 0 rings (SSSR count). The highest BCUT2D eigenvalue weighted by Crippen LogP contribution is 2.16. The van der Waals surface area contributed by atoms with Gasteiger partial charge >= 0.3 is 0 Å². The SMILES string of the molecule is CC([N])C(C)(C)C. The molecule has 0 saturated carbocycles. The third-order valence-corrected chi connectivity index (χ3v) is 1.25. The van der Waals surface area contributed by atoms with Gasteiger partial charge in [-0.2, -0.15) is 0 Å². The van der Waals surface area contributed by atoms with Crippen molar-refractivity contribution in [2.24, 2.45) is 5.41 Å². The van der Waals surface area contributed by atoms with Gasteiger partial charge in [-0.1, -0.05) is 20.8 Å². The molecule has 1 heteroatoms. The molecule has 0 aromatic rings. The number of rotatable bonds is 0. The summed E-state index contributed by atoms with van der Waals surface area (Å²) in [5.74, 6) is 0. The summed E-state index contributed by atoms with van der Waals surface area (Å²) >= 11 is 0. The molecule has 2 radical (unpaired) electrons. The molecule has 0 bridgehead atoms. The third kappa shape index (κ3) is 2.63. The monoisotopic (exact) mass is 99.1 g/mol. The van der Waals surface area contributed by atoms with Gasteiger partial charge in [0.1, 0.15) is 0 Å². The van der Waals surface area contributed by atoms with Crippen molar-refractivity contribution in [1.82, 2.24) is 5.73 Å². The molecule has 0 amide bonds. The van der Waals surface area contributed by atoms with Crippen LogP contribution >= 0.6 is 0 Å². The van der Waals surface area contributed by atoms with E-state index in [0.29, 0.717) is 0 Å². The molecule has 0 aromatic carbocycles. The summed E-state index contributed by atoms with van der Waals surface area (Å²) in [4.78, 5) is 0. The lowest BCUT2D eigenvalue weighted by atomic mass is 9.89. The Bertz CT molecular complexity index is 49.7. The zero-order valence-electron chi connectivity index (χ0n) is 5.52. The predicted molar refractivity (Wildman–Crippen MR) is 31.1 cm³/mol. The van der Waals surface area contributed by atoms with Gasteiger partial charge in [-0.25, -0.2) is 0 Å². The Kier molecular flexibility index (Phi) is 1.82. The first kappa shape index (κ1) is 6.96. The summed E-state index contributed by atoms with van der Waals surface area (Å²) < 4.78 is 0. The fourth-order valence-electron chi connectivity index (χ4n) is 0. The van der Waals surface area contributed by atoms with Crippen molar-refractivity contribution in [3.05, 3.63) is 0 Å². The summed E-state index contributed by atoms with van der Waals surface area (Å²) in [5.41, 5.74) is 8.94. The van der Waals surface area contributed by atoms with Crippen LogP contribution in [0.1, 0.15) is 27.7 Å². The Balaban J connectivity index is 3.54. The van der Waals surface area contributed by atoms with Crippen molar-refractivity contribution in [3.8, 4) is 0 Å². The first-order chi connectivity index (χ1) is 2.94. The van der Waals surface area contributed by atoms with E-state index in [0.717, 1.165) is 0 Å². The van der Waals surface area contributed by atoms with Gasteiger partial charge in [0, 0.05) is 6.04 Å². The van der Waals surface area contributed by atoms with Crippen LogP contribution in [0.15, 0.2) is 0 Å². The molecule has 1 atom stereocenters. The molecular formula is C6H13N. The molecular weight excluding hydrogens is 86.1 g/mol. The van der Waals surface area contributed by atoms with Gasteiger partial charge in [0.05, 0.1) is 0 Å². The van der Waals surface area contributed by atoms with Crippen LogP contribution in [-0.2, 0) is 0 Å². The summed E-state index contributed by atoms with van der Waals surface area (Å²) in [6, 6.07) is -0.201. The average molecular weight is 99.2 g/mol. The first-order valence-electron chi connectivity index (χ1n) is 2.62. The van der Waals surface area contributed by atoms with Crippen molar-refractivity contribution in [1.29, 1.82) is 0 Å². The fourth-order valence-corrected chi connectivity index (χ4v) is 0. The Morgan fingerprint density at radius 3 is 1.43 bits per heavy atom. The van der Waals surface area contributed by atoms with E-state index in [1.165, 1.54) is 0 Å². The maximum atomic E-state index is 8.89. The Labute approximate surface area is 45.9 Å². The molecule has 0 aliphatic carbocycles. The average Bonchev–Trinajstić information content (AvgIpc) is 1.31. The summed E-state index contributed by atoms with van der Waals surface area (Å²) in [6.45, 7) is 7.84. The quantitative estimate of drug-likeness (QED) is 0.439. The van der Waals surface area contributed by atoms with Crippen molar-refractivity contribution in [2.45, 2.75) is 33.7 Å². The lowest BCUT2D eigenvalue weighted by Gasteiger charge is -2.20. The fraction of sp³-hybridized carbons (Fsp3) is 1.00. The third-order valence-electron chi connectivity index (χ3n) is 1.25. The van der Waals surface area contributed by atoms with Crippen molar-refractivity contribution in [2.75, 3.05) is 0 Å². The van der Waals surface area contributed by atoms with Crippen LogP contribution in [-0.4, -0.2) is 6.04 Å². The van der Waals surface area contributed by atoms with Crippen molar-refractivity contribution < 1.29 is 0 Å². The van der Waals surface area contributed by atoms with Gasteiger partial charge in [0.2, 0.25) is 0 Å². The highest BCUT2D eigenvalue weighted by Gasteiger charge is 2.16. The van der Waals surface area contributed by atoms with Gasteiger partial charge in [-0.3, -0.25) is 0 Å². The van der Waals surface area contributed by atoms with Gasteiger partial charge < -0.3 is 0 Å². The zero-order chi connectivity index (χ0) is 6.08. The van der Waals surface area contributed by atoms with E-state index in [9.17, 15) is 0 Å². The summed E-state index contributed by atoms with van der Waals surface area (Å²) in [7, 11) is 0. The van der Waals surface area contributed by atoms with E-state index in [1.807, 2.05) is 20.8 Å². The van der Waals surface area contributed by atoms with Crippen LogP contribution in [0.5, 0.6) is 0 Å². The minimum absolute atomic E-state index is 0.0556. The summed E-state index contributed by atoms with van der Waals surface area (Å²) in [5, 5.41) is 0. The normalized spacial score (nSPS) is 16.7. The minimum Gasteiger partial charge on any atom is -0.141 e. The second-order valence-electron chi connectivity index (χ2n) is 3.04. The van der Waals surface area contributed by atoms with E-state index in [4.69, 9.17) is 5.73 Å². The van der Waals surface area contributed by atoms with E-state index in [-0.39, 0.29) is 11.5 Å². The zero-order valence-corrected chi connectivity index (χ0v) is 5.52. The van der Waals surface area contributed by atoms with Crippen LogP contribution < -0.4 is 5.73 Å². The number of hydrogen-bond donors (Lipinski definition) is 0. The van der Waals surface area contributed by atoms with Gasteiger partial charge in [0.25, 0.3) is 0 Å². The Hall–Kier alpha value is -0.0400. The summed E-state index contributed by atoms with van der Waals surface area (Å²) in [6.07, 6.45) is 0. The number of nitrogens with zero attached hydrogens (tertiary/aromatic N) is 1. The molecule has 0 heterocycles. The predicted octanol–water partition coefficient (Wildman–Crippen LogP) is 1.49. The molecule has 0 aliphatic rings. The van der Waals surface area contributed by atoms with E-state index < -0.39 is 0 Å². The maximum absolute atomic E-state index is 8.89. The van der Waals surface area contributed by atoms with Gasteiger partial charge in [0.15, 0.2) is 0 Å². The van der Waals surface area contributed by atoms with E-state index in [1.54, 1.807) is 6.92 Å². The lowest BCUT2D eigenvalue weighted by Crippen LogP contribution is -2.23. The molecule has 0 aliphatic heterocycles. The van der Waals surface area contributed by atoms with Gasteiger partial charge in [-0.05, 0) is 12.3 Å². The van der Waals surface area contributed by atoms with E-state index in [2.05, 4.69) is 0 Å². The maximum Gasteiger partial charge on any atom is 0.0453 e. The van der Waals surface area contributed by atoms with E-state index >= 15 is 0 Å². The first-order valence-corrected chi connectivity index (χ1v) is 2.62. The molecule has 42 valence electrons. The second kappa shape index (κ2) is 1.83. The minimum atomic E-state index is -0.201. The molecule has 7 heavy (non-hydrogen) atoms. The Morgan fingerprint density at radius 2 is 1.43 bits per heavy atom. The molecule has 0 aromatic heterocycles. The second-order valence-corrected chi connectivity index (χ2v) is 3.04. The van der Waals surface area contributed by atoms with Crippen molar-refractivity contribution >= 4 is 0 Å². The molecule has 0 saturated heterocycles. The molecule has 1 nitrogen and oxygen atoms in total. The molecule has 0 spiro atoms. The Morgan fingerprint density at radius 1 is 1.29 bits per heavy atom. The van der Waals surface area contributed by atoms with Crippen LogP contribution in [0.25, 0.3) is 0 Å². The van der Waals surface area contributed by atoms with Crippen LogP contribution in [0, 0.1) is 5.41 Å². The molecule has 0 fully saturated rings. The van der Waals surface area contributed by atoms with Crippen LogP contribution in [0.2, 0.25) is 0 Å².